The van der Waals surface area contributed by atoms with Gasteiger partial charge in [-0.25, -0.2) is 24.1 Å². The highest BCUT2D eigenvalue weighted by Gasteiger charge is 2.49. The fourth-order valence-electron chi connectivity index (χ4n) is 4.64. The normalized spacial score (nSPS) is 31.6. The van der Waals surface area contributed by atoms with Crippen molar-refractivity contribution in [2.45, 2.75) is 49.0 Å². The number of nitrogen functional groups attached to an aromatic ring is 1. The van der Waals surface area contributed by atoms with Gasteiger partial charge >= 0.3 is 15.6 Å². The number of nitrogens with two attached hydrogens (primary N) is 3. The van der Waals surface area contributed by atoms with Gasteiger partial charge in [-0.3, -0.25) is 18.4 Å². The Morgan fingerprint density at radius 1 is 1.02 bits per heavy atom. The molecule has 23 heteroatoms. The smallest absolute Gasteiger partial charge is 0.388 e. The first-order valence-electron chi connectivity index (χ1n) is 12.7. The lowest BCUT2D eigenvalue weighted by Gasteiger charge is -2.20. The molecule has 3 aromatic heterocycles. The molecule has 0 saturated carbocycles. The summed E-state index contributed by atoms with van der Waals surface area (Å²) >= 11 is 0. The number of rotatable bonds is 11. The third-order valence-corrected chi connectivity index (χ3v) is 9.43. The van der Waals surface area contributed by atoms with Gasteiger partial charge in [0.1, 0.15) is 54.0 Å². The van der Waals surface area contributed by atoms with Gasteiger partial charge in [-0.15, -0.1) is 0 Å². The van der Waals surface area contributed by atoms with E-state index in [4.69, 9.17) is 35.7 Å². The van der Waals surface area contributed by atoms with Gasteiger partial charge in [-0.1, -0.05) is 0 Å². The van der Waals surface area contributed by atoms with E-state index in [-0.39, 0.29) is 22.5 Å². The number of hydrogen-bond donors (Lipinski definition) is 8. The van der Waals surface area contributed by atoms with Crippen molar-refractivity contribution < 1.29 is 66.4 Å². The number of imidazole rings is 1. The average molecular weight is 663 g/mol. The van der Waals surface area contributed by atoms with Crippen LogP contribution in [0.5, 0.6) is 0 Å². The van der Waals surface area contributed by atoms with E-state index >= 15 is 0 Å². The summed E-state index contributed by atoms with van der Waals surface area (Å²) in [6, 6.07) is 1.85. The van der Waals surface area contributed by atoms with Crippen LogP contribution in [0.4, 0.5) is 5.82 Å². The number of carbonyl (C=O) groups excluding carboxylic acids is 1. The van der Waals surface area contributed by atoms with Crippen LogP contribution in [0.3, 0.4) is 0 Å². The SMILES string of the molecule is NC(=O)c1ccc[n+]([C@@H]2O[C@H](COP(=O)(O)OP(=O)(O)OC[C@H]3O[C@@H](n4cnc5c(N)ncnc54)[C@H](O)[C@@H]3O)[C@@H](O)[C@H]2N)c1. The number of phosphoric acid groups is 2. The number of pyridine rings is 1. The number of aliphatic hydroxyl groups excluding tert-OH is 3. The van der Waals surface area contributed by atoms with Crippen molar-refractivity contribution in [1.29, 1.82) is 0 Å². The molecule has 0 spiro atoms. The monoisotopic (exact) mass is 663 g/mol. The molecule has 5 rings (SSSR count). The van der Waals surface area contributed by atoms with Crippen LogP contribution in [0.2, 0.25) is 0 Å². The summed E-state index contributed by atoms with van der Waals surface area (Å²) in [5, 5.41) is 31.4. The van der Waals surface area contributed by atoms with Crippen LogP contribution in [0.25, 0.3) is 11.2 Å². The van der Waals surface area contributed by atoms with Gasteiger partial charge in [-0.05, 0) is 6.07 Å². The van der Waals surface area contributed by atoms with Crippen LogP contribution in [0.15, 0.2) is 37.2 Å². The molecule has 2 aliphatic heterocycles. The van der Waals surface area contributed by atoms with Gasteiger partial charge in [0.25, 0.3) is 12.1 Å². The molecule has 21 nitrogen and oxygen atoms in total. The molecule has 0 radical (unpaired) electrons. The Kier molecular flexibility index (Phi) is 9.13. The topological polar surface area (TPSA) is 324 Å². The second-order valence-electron chi connectivity index (χ2n) is 9.78. The van der Waals surface area contributed by atoms with Crippen LogP contribution in [-0.4, -0.2) is 100 Å². The predicted octanol–water partition coefficient (Wildman–Crippen LogP) is -3.05. The van der Waals surface area contributed by atoms with E-state index in [2.05, 4.69) is 19.3 Å². The number of phosphoric ester groups is 2. The molecule has 1 amide bonds. The fourth-order valence-corrected chi connectivity index (χ4v) is 6.73. The van der Waals surface area contributed by atoms with E-state index in [0.717, 1.165) is 6.33 Å². The Hall–Kier alpha value is -3.01. The number of carbonyl (C=O) groups is 1. The second kappa shape index (κ2) is 12.4. The van der Waals surface area contributed by atoms with Crippen molar-refractivity contribution >= 4 is 38.5 Å². The number of hydrogen-bond acceptors (Lipinski definition) is 16. The van der Waals surface area contributed by atoms with E-state index in [0.29, 0.717) is 0 Å². The third kappa shape index (κ3) is 6.65. The first kappa shape index (κ1) is 32.4. The Labute approximate surface area is 246 Å². The number of amides is 1. The van der Waals surface area contributed by atoms with E-state index in [1.165, 1.54) is 40.0 Å². The van der Waals surface area contributed by atoms with Gasteiger partial charge in [-0.2, -0.15) is 8.88 Å². The Morgan fingerprint density at radius 3 is 2.34 bits per heavy atom. The minimum absolute atomic E-state index is 0.0567. The van der Waals surface area contributed by atoms with Crippen molar-refractivity contribution in [3.05, 3.63) is 42.7 Å². The molecule has 240 valence electrons. The van der Waals surface area contributed by atoms with Crippen molar-refractivity contribution in [2.75, 3.05) is 18.9 Å². The zero-order chi connectivity index (χ0) is 32.0. The predicted molar refractivity (Wildman–Crippen MR) is 141 cm³/mol. The van der Waals surface area contributed by atoms with Crippen LogP contribution in [-0.2, 0) is 32.0 Å². The lowest BCUT2D eigenvalue weighted by atomic mass is 10.1. The number of ether oxygens (including phenoxy) is 2. The molecule has 0 aromatic carbocycles. The third-order valence-electron chi connectivity index (χ3n) is 6.83. The number of nitrogens with zero attached hydrogens (tertiary/aromatic N) is 5. The van der Waals surface area contributed by atoms with Crippen LogP contribution < -0.4 is 21.8 Å². The van der Waals surface area contributed by atoms with E-state index in [1.54, 1.807) is 0 Å². The lowest BCUT2D eigenvalue weighted by Crippen LogP contribution is -2.50. The van der Waals surface area contributed by atoms with Gasteiger partial charge in [0.05, 0.1) is 19.5 Å². The summed E-state index contributed by atoms with van der Waals surface area (Å²) < 4.78 is 52.4. The first-order valence-corrected chi connectivity index (χ1v) is 15.7. The average Bonchev–Trinajstić information content (AvgIpc) is 3.61. The second-order valence-corrected chi connectivity index (χ2v) is 12.8. The van der Waals surface area contributed by atoms with Crippen molar-refractivity contribution in [1.82, 2.24) is 19.5 Å². The summed E-state index contributed by atoms with van der Waals surface area (Å²) in [5.41, 5.74) is 17.5. The first-order chi connectivity index (χ1) is 20.7. The van der Waals surface area contributed by atoms with Gasteiger partial charge in [0, 0.05) is 6.07 Å². The van der Waals surface area contributed by atoms with E-state index in [9.17, 15) is 39.0 Å². The Bertz CT molecular complexity index is 1630. The standard InChI is InChI=1S/C21H28N8O13P2/c22-12-14(30)10(40-20(12)28-3-1-2-9(4-28)18(24)33)5-38-43(34,35)42-44(36,37)39-6-11-15(31)16(32)21(41-11)29-8-27-13-17(23)25-7-26-19(13)29/h1-4,7-8,10-12,14-16,20-21,30-32H,5-6,22H2,(H5-,23,24,25,26,33,34,35,36,37)/p+1/t10-,11-,12-,14-,15-,16-,20-,21-/m1/s1. The number of primary amides is 1. The van der Waals surface area contributed by atoms with Crippen LogP contribution >= 0.6 is 15.6 Å². The molecule has 44 heavy (non-hydrogen) atoms. The molecule has 2 unspecified atom stereocenters. The molecule has 0 aliphatic carbocycles. The zero-order valence-electron chi connectivity index (χ0n) is 22.4. The van der Waals surface area contributed by atoms with Crippen molar-refractivity contribution in [2.24, 2.45) is 11.5 Å². The van der Waals surface area contributed by atoms with Crippen LogP contribution in [0, 0.1) is 0 Å². The van der Waals surface area contributed by atoms with Gasteiger partial charge in [0.15, 0.2) is 30.1 Å². The van der Waals surface area contributed by atoms with Crippen LogP contribution in [0.1, 0.15) is 22.8 Å². The number of fused-ring (bicyclic) bond motifs is 1. The zero-order valence-corrected chi connectivity index (χ0v) is 24.2. The fraction of sp³-hybridized carbons (Fsp3) is 0.476. The van der Waals surface area contributed by atoms with Gasteiger partial charge < -0.3 is 51.8 Å². The molecule has 3 aromatic rings. The van der Waals surface area contributed by atoms with Gasteiger partial charge in [0.2, 0.25) is 0 Å². The van der Waals surface area contributed by atoms with E-state index < -0.39 is 83.8 Å². The molecule has 5 heterocycles. The Morgan fingerprint density at radius 2 is 1.68 bits per heavy atom. The maximum atomic E-state index is 12.4. The number of anilines is 1. The quantitative estimate of drug-likeness (QED) is 0.0746. The molecule has 2 saturated heterocycles. The highest BCUT2D eigenvalue weighted by atomic mass is 31.3. The minimum atomic E-state index is -5.34. The number of aliphatic hydroxyl groups is 3. The minimum Gasteiger partial charge on any atom is -0.388 e. The summed E-state index contributed by atoms with van der Waals surface area (Å²) in [4.78, 5) is 43.4. The summed E-state index contributed by atoms with van der Waals surface area (Å²) in [6.07, 6.45) is -4.48. The highest BCUT2D eigenvalue weighted by Crippen LogP contribution is 2.60. The summed E-state index contributed by atoms with van der Waals surface area (Å²) in [6.45, 7) is -1.70. The molecule has 10 atom stereocenters. The molecule has 0 bridgehead atoms. The molecular formula is C21H29N8O13P2+. The highest BCUT2D eigenvalue weighted by molar-refractivity contribution is 7.61. The summed E-state index contributed by atoms with van der Waals surface area (Å²) in [5.74, 6) is -0.668. The van der Waals surface area contributed by atoms with E-state index in [1.807, 2.05) is 0 Å². The maximum Gasteiger partial charge on any atom is 0.481 e. The van der Waals surface area contributed by atoms with Crippen molar-refractivity contribution in [3.8, 4) is 0 Å². The molecule has 2 aliphatic rings. The maximum absolute atomic E-state index is 12.4. The molecule has 2 fully saturated rings. The molecular weight excluding hydrogens is 634 g/mol. The molecule has 11 N–H and O–H groups in total. The largest absolute Gasteiger partial charge is 0.481 e. The van der Waals surface area contributed by atoms with Crippen molar-refractivity contribution in [3.63, 3.8) is 0 Å². The summed E-state index contributed by atoms with van der Waals surface area (Å²) in [7, 11) is -10.7. The lowest BCUT2D eigenvalue weighted by molar-refractivity contribution is -0.761. The number of aromatic nitrogens is 5. The Balaban J connectivity index is 1.16.